The van der Waals surface area contributed by atoms with Crippen molar-refractivity contribution < 1.29 is 0 Å². The van der Waals surface area contributed by atoms with Crippen molar-refractivity contribution in [1.29, 1.82) is 0 Å². The molecule has 2 heteroatoms. The molecule has 1 aliphatic heterocycles. The number of rotatable bonds is 5. The molecule has 0 spiro atoms. The van der Waals surface area contributed by atoms with Crippen LogP contribution in [0.1, 0.15) is 33.1 Å². The number of likely N-dealkylation sites (N-methyl/N-ethyl adjacent to an activating group) is 1. The molecule has 1 saturated heterocycles. The molecule has 0 radical (unpaired) electrons. The van der Waals surface area contributed by atoms with Crippen LogP contribution in [0.15, 0.2) is 12.2 Å². The van der Waals surface area contributed by atoms with Crippen LogP contribution in [0, 0.1) is 5.41 Å². The fourth-order valence-electron chi connectivity index (χ4n) is 2.67. The lowest BCUT2D eigenvalue weighted by Gasteiger charge is -2.40. The smallest absolute Gasteiger partial charge is 0.0184 e. The molecule has 0 aromatic rings. The standard InChI is InChI=1S/C13H26N2/c1-5-13(7-6-8-14-10-13)11-15(4)9-12(2)3/h14H,2,5-11H2,1,3-4H3. The van der Waals surface area contributed by atoms with Crippen molar-refractivity contribution in [2.75, 3.05) is 33.2 Å². The molecule has 2 nitrogen and oxygen atoms in total. The fourth-order valence-corrected chi connectivity index (χ4v) is 2.67. The van der Waals surface area contributed by atoms with E-state index in [0.29, 0.717) is 5.41 Å². The third-order valence-electron chi connectivity index (χ3n) is 3.46. The van der Waals surface area contributed by atoms with Crippen LogP contribution in [-0.4, -0.2) is 38.1 Å². The minimum Gasteiger partial charge on any atom is -0.316 e. The monoisotopic (exact) mass is 210 g/mol. The maximum absolute atomic E-state index is 3.98. The van der Waals surface area contributed by atoms with Gasteiger partial charge < -0.3 is 10.2 Å². The van der Waals surface area contributed by atoms with E-state index in [1.54, 1.807) is 0 Å². The van der Waals surface area contributed by atoms with Gasteiger partial charge in [0.05, 0.1) is 0 Å². The highest BCUT2D eigenvalue weighted by Crippen LogP contribution is 2.30. The third kappa shape index (κ3) is 3.96. The molecular weight excluding hydrogens is 184 g/mol. The Labute approximate surface area is 94.7 Å². The highest BCUT2D eigenvalue weighted by atomic mass is 15.1. The van der Waals surface area contributed by atoms with E-state index >= 15 is 0 Å². The summed E-state index contributed by atoms with van der Waals surface area (Å²) in [6.07, 6.45) is 3.98. The molecule has 1 aliphatic rings. The Hall–Kier alpha value is -0.340. The van der Waals surface area contributed by atoms with Gasteiger partial charge in [-0.1, -0.05) is 19.1 Å². The Kier molecular flexibility index (Phi) is 4.81. The van der Waals surface area contributed by atoms with Gasteiger partial charge in [0.25, 0.3) is 0 Å². The van der Waals surface area contributed by atoms with E-state index in [9.17, 15) is 0 Å². The van der Waals surface area contributed by atoms with Crippen LogP contribution >= 0.6 is 0 Å². The maximum Gasteiger partial charge on any atom is 0.0184 e. The first-order chi connectivity index (χ1) is 7.08. The summed E-state index contributed by atoms with van der Waals surface area (Å²) >= 11 is 0. The number of nitrogens with zero attached hydrogens (tertiary/aromatic N) is 1. The number of hydrogen-bond donors (Lipinski definition) is 1. The molecule has 88 valence electrons. The van der Waals surface area contributed by atoms with Gasteiger partial charge in [-0.3, -0.25) is 0 Å². The lowest BCUT2D eigenvalue weighted by molar-refractivity contribution is 0.134. The van der Waals surface area contributed by atoms with Crippen molar-refractivity contribution in [2.45, 2.75) is 33.1 Å². The zero-order chi connectivity index (χ0) is 11.3. The van der Waals surface area contributed by atoms with Crippen LogP contribution in [0.3, 0.4) is 0 Å². The summed E-state index contributed by atoms with van der Waals surface area (Å²) in [4.78, 5) is 2.42. The van der Waals surface area contributed by atoms with E-state index < -0.39 is 0 Å². The first kappa shape index (κ1) is 12.7. The minimum atomic E-state index is 0.502. The van der Waals surface area contributed by atoms with Gasteiger partial charge in [-0.2, -0.15) is 0 Å². The Morgan fingerprint density at radius 3 is 2.73 bits per heavy atom. The molecule has 1 atom stereocenters. The molecular formula is C13H26N2. The number of nitrogens with one attached hydrogen (secondary N) is 1. The second-order valence-corrected chi connectivity index (χ2v) is 5.26. The summed E-state index contributed by atoms with van der Waals surface area (Å²) in [5.74, 6) is 0. The summed E-state index contributed by atoms with van der Waals surface area (Å²) < 4.78 is 0. The fraction of sp³-hybridized carbons (Fsp3) is 0.846. The highest BCUT2D eigenvalue weighted by molar-refractivity contribution is 4.94. The van der Waals surface area contributed by atoms with Gasteiger partial charge in [-0.25, -0.2) is 0 Å². The molecule has 1 heterocycles. The van der Waals surface area contributed by atoms with Gasteiger partial charge in [0.15, 0.2) is 0 Å². The van der Waals surface area contributed by atoms with Crippen LogP contribution in [0.4, 0.5) is 0 Å². The topological polar surface area (TPSA) is 15.3 Å². The van der Waals surface area contributed by atoms with Gasteiger partial charge in [0.2, 0.25) is 0 Å². The average molecular weight is 210 g/mol. The largest absolute Gasteiger partial charge is 0.316 e. The van der Waals surface area contributed by atoms with Crippen molar-refractivity contribution in [3.63, 3.8) is 0 Å². The maximum atomic E-state index is 3.98. The van der Waals surface area contributed by atoms with Crippen LogP contribution < -0.4 is 5.32 Å². The lowest BCUT2D eigenvalue weighted by Crippen LogP contribution is -2.46. The van der Waals surface area contributed by atoms with Crippen LogP contribution in [0.25, 0.3) is 0 Å². The molecule has 0 amide bonds. The van der Waals surface area contributed by atoms with Crippen molar-refractivity contribution in [1.82, 2.24) is 10.2 Å². The SMILES string of the molecule is C=C(C)CN(C)CC1(CC)CCCNC1. The Bertz CT molecular complexity index is 205. The molecule has 1 rings (SSSR count). The summed E-state index contributed by atoms with van der Waals surface area (Å²) in [6.45, 7) is 13.0. The Balaban J connectivity index is 2.47. The number of piperidine rings is 1. The van der Waals surface area contributed by atoms with Crippen molar-refractivity contribution in [3.8, 4) is 0 Å². The summed E-state index contributed by atoms with van der Waals surface area (Å²) in [5, 5.41) is 3.54. The van der Waals surface area contributed by atoms with Crippen molar-refractivity contribution >= 4 is 0 Å². The van der Waals surface area contributed by atoms with Gasteiger partial charge in [-0.15, -0.1) is 0 Å². The van der Waals surface area contributed by atoms with Crippen molar-refractivity contribution in [2.24, 2.45) is 5.41 Å². The van der Waals surface area contributed by atoms with Gasteiger partial charge >= 0.3 is 0 Å². The second-order valence-electron chi connectivity index (χ2n) is 5.26. The van der Waals surface area contributed by atoms with Crippen LogP contribution in [0.2, 0.25) is 0 Å². The van der Waals surface area contributed by atoms with Gasteiger partial charge in [0.1, 0.15) is 0 Å². The lowest BCUT2D eigenvalue weighted by atomic mass is 9.78. The quantitative estimate of drug-likeness (QED) is 0.700. The first-order valence-corrected chi connectivity index (χ1v) is 6.12. The molecule has 15 heavy (non-hydrogen) atoms. The minimum absolute atomic E-state index is 0.502. The molecule has 1 N–H and O–H groups in total. The van der Waals surface area contributed by atoms with E-state index in [4.69, 9.17) is 0 Å². The summed E-state index contributed by atoms with van der Waals surface area (Å²) in [7, 11) is 2.21. The summed E-state index contributed by atoms with van der Waals surface area (Å²) in [6, 6.07) is 0. The highest BCUT2D eigenvalue weighted by Gasteiger charge is 2.31. The zero-order valence-electron chi connectivity index (χ0n) is 10.6. The Morgan fingerprint density at radius 2 is 2.27 bits per heavy atom. The molecule has 0 bridgehead atoms. The zero-order valence-corrected chi connectivity index (χ0v) is 10.6. The third-order valence-corrected chi connectivity index (χ3v) is 3.46. The molecule has 0 aromatic carbocycles. The van der Waals surface area contributed by atoms with Crippen LogP contribution in [0.5, 0.6) is 0 Å². The van der Waals surface area contributed by atoms with E-state index in [1.165, 1.54) is 44.5 Å². The van der Waals surface area contributed by atoms with Gasteiger partial charge in [0, 0.05) is 19.6 Å². The van der Waals surface area contributed by atoms with E-state index in [-0.39, 0.29) is 0 Å². The molecule has 1 unspecified atom stereocenters. The summed E-state index contributed by atoms with van der Waals surface area (Å²) in [5.41, 5.74) is 1.76. The molecule has 0 saturated carbocycles. The van der Waals surface area contributed by atoms with Crippen LogP contribution in [-0.2, 0) is 0 Å². The van der Waals surface area contributed by atoms with E-state index in [1.807, 2.05) is 0 Å². The number of hydrogen-bond acceptors (Lipinski definition) is 2. The predicted molar refractivity (Wildman–Crippen MR) is 67.1 cm³/mol. The van der Waals surface area contributed by atoms with Crippen molar-refractivity contribution in [3.05, 3.63) is 12.2 Å². The predicted octanol–water partition coefficient (Wildman–Crippen LogP) is 2.27. The molecule has 0 aromatic heterocycles. The molecule has 0 aliphatic carbocycles. The van der Waals surface area contributed by atoms with E-state index in [0.717, 1.165) is 6.54 Å². The normalized spacial score (nSPS) is 26.9. The van der Waals surface area contributed by atoms with E-state index in [2.05, 4.69) is 37.7 Å². The molecule has 1 fully saturated rings. The van der Waals surface area contributed by atoms with Gasteiger partial charge in [-0.05, 0) is 45.2 Å². The first-order valence-electron chi connectivity index (χ1n) is 6.12. The second kappa shape index (κ2) is 5.66. The Morgan fingerprint density at radius 1 is 1.53 bits per heavy atom. The average Bonchev–Trinajstić information content (AvgIpc) is 2.17.